The molecule has 6 aromatic carbocycles. The molecule has 9 rings (SSSR count). The Bertz CT molecular complexity index is 2690. The number of fused-ring (bicyclic) bond motifs is 9. The Hall–Kier alpha value is -5.88. The van der Waals surface area contributed by atoms with E-state index in [9.17, 15) is 5.26 Å². The maximum atomic E-state index is 9.63. The van der Waals surface area contributed by atoms with Crippen LogP contribution in [-0.2, 0) is 0 Å². The van der Waals surface area contributed by atoms with E-state index >= 15 is 0 Å². The van der Waals surface area contributed by atoms with Crippen LogP contribution < -0.4 is 0 Å². The van der Waals surface area contributed by atoms with Crippen LogP contribution in [0.2, 0.25) is 0 Å². The van der Waals surface area contributed by atoms with Gasteiger partial charge in [0.1, 0.15) is 0 Å². The van der Waals surface area contributed by atoms with Gasteiger partial charge >= 0.3 is 0 Å². The van der Waals surface area contributed by atoms with Gasteiger partial charge in [-0.15, -0.1) is 11.3 Å². The molecule has 3 aromatic heterocycles. The number of aryl methyl sites for hydroxylation is 1. The molecule has 0 fully saturated rings. The number of benzene rings is 6. The number of para-hydroxylation sites is 1. The molecule has 5 heteroatoms. The van der Waals surface area contributed by atoms with Gasteiger partial charge in [0.05, 0.1) is 46.0 Å². The highest BCUT2D eigenvalue weighted by atomic mass is 32.1. The van der Waals surface area contributed by atoms with Gasteiger partial charge in [0.2, 0.25) is 0 Å². The molecule has 0 aliphatic heterocycles. The number of nitrogens with zero attached hydrogens (tertiary/aromatic N) is 4. The first-order valence-corrected chi connectivity index (χ1v) is 15.3. The number of nitriles is 1. The molecular formula is C39H22N4S. The molecule has 0 saturated carbocycles. The summed E-state index contributed by atoms with van der Waals surface area (Å²) in [5.74, 6) is 0. The van der Waals surface area contributed by atoms with Gasteiger partial charge in [-0.25, -0.2) is 4.85 Å². The van der Waals surface area contributed by atoms with Gasteiger partial charge in [-0.05, 0) is 91.2 Å². The zero-order chi connectivity index (χ0) is 29.5. The highest BCUT2D eigenvalue weighted by molar-refractivity contribution is 7.25. The van der Waals surface area contributed by atoms with Crippen molar-refractivity contribution in [3.63, 3.8) is 0 Å². The van der Waals surface area contributed by atoms with E-state index in [1.165, 1.54) is 53.2 Å². The second kappa shape index (κ2) is 9.06. The van der Waals surface area contributed by atoms with E-state index in [1.54, 1.807) is 0 Å². The third-order valence-corrected chi connectivity index (χ3v) is 9.93. The van der Waals surface area contributed by atoms with Crippen LogP contribution in [0.1, 0.15) is 11.1 Å². The third kappa shape index (κ3) is 3.36. The fourth-order valence-electron chi connectivity index (χ4n) is 6.90. The zero-order valence-electron chi connectivity index (χ0n) is 23.7. The standard InChI is InChI=1S/C39H22N4S/c1-23-10-14-35-28(18-23)27-6-3-4-7-32(27)43(35)36-8-5-9-38-39(36)31-21-26(13-17-37(31)44-38)42-33-15-11-24(22-40)19-29(33)30-20-25(41-2)12-16-34(30)42/h3-21H,1H3. The molecule has 0 aliphatic carbocycles. The Labute approximate surface area is 256 Å². The number of hydrogen-bond donors (Lipinski definition) is 0. The van der Waals surface area contributed by atoms with Crippen molar-refractivity contribution in [2.45, 2.75) is 6.92 Å². The zero-order valence-corrected chi connectivity index (χ0v) is 24.5. The van der Waals surface area contributed by atoms with Gasteiger partial charge in [-0.3, -0.25) is 0 Å². The first kappa shape index (κ1) is 24.7. The number of hydrogen-bond acceptors (Lipinski definition) is 2. The summed E-state index contributed by atoms with van der Waals surface area (Å²) in [6.07, 6.45) is 0. The van der Waals surface area contributed by atoms with Crippen LogP contribution in [0, 0.1) is 24.8 Å². The minimum atomic E-state index is 0.587. The Kier molecular flexibility index (Phi) is 5.08. The number of rotatable bonds is 2. The molecule has 4 nitrogen and oxygen atoms in total. The maximum absolute atomic E-state index is 9.63. The molecule has 44 heavy (non-hydrogen) atoms. The van der Waals surface area contributed by atoms with Crippen molar-refractivity contribution in [1.82, 2.24) is 9.13 Å². The molecule has 0 atom stereocenters. The van der Waals surface area contributed by atoms with E-state index < -0.39 is 0 Å². The van der Waals surface area contributed by atoms with Gasteiger partial charge in [-0.1, -0.05) is 42.0 Å². The minimum absolute atomic E-state index is 0.587. The SMILES string of the molecule is [C-]#[N+]c1ccc2c(c1)c1cc(C#N)ccc1n2-c1ccc2sc3cccc(-n4c5ccccc5c5cc(C)ccc54)c3c2c1. The summed E-state index contributed by atoms with van der Waals surface area (Å²) in [6.45, 7) is 9.73. The molecule has 0 radical (unpaired) electrons. The highest BCUT2D eigenvalue weighted by Crippen LogP contribution is 2.43. The molecule has 0 saturated heterocycles. The minimum Gasteiger partial charge on any atom is -0.309 e. The van der Waals surface area contributed by atoms with E-state index in [4.69, 9.17) is 6.57 Å². The lowest BCUT2D eigenvalue weighted by molar-refractivity contribution is 1.18. The van der Waals surface area contributed by atoms with E-state index in [0.29, 0.717) is 11.3 Å². The fraction of sp³-hybridized carbons (Fsp3) is 0.0256. The molecule has 3 heterocycles. The maximum Gasteiger partial charge on any atom is 0.188 e. The van der Waals surface area contributed by atoms with Crippen LogP contribution in [0.3, 0.4) is 0 Å². The lowest BCUT2D eigenvalue weighted by atomic mass is 10.1. The first-order valence-electron chi connectivity index (χ1n) is 14.4. The van der Waals surface area contributed by atoms with Crippen molar-refractivity contribution < 1.29 is 0 Å². The molecule has 0 aliphatic rings. The Morgan fingerprint density at radius 1 is 0.636 bits per heavy atom. The van der Waals surface area contributed by atoms with Crippen LogP contribution in [0.15, 0.2) is 115 Å². The summed E-state index contributed by atoms with van der Waals surface area (Å²) < 4.78 is 7.15. The highest BCUT2D eigenvalue weighted by Gasteiger charge is 2.19. The Balaban J connectivity index is 1.37. The quantitative estimate of drug-likeness (QED) is 0.188. The average molecular weight is 579 g/mol. The van der Waals surface area contributed by atoms with Crippen molar-refractivity contribution >= 4 is 80.8 Å². The molecule has 0 N–H and O–H groups in total. The lowest BCUT2D eigenvalue weighted by Crippen LogP contribution is -1.95. The second-order valence-electron chi connectivity index (χ2n) is 11.3. The summed E-state index contributed by atoms with van der Waals surface area (Å²) in [4.78, 5) is 3.68. The van der Waals surface area contributed by atoms with Crippen molar-refractivity contribution in [2.24, 2.45) is 0 Å². The van der Waals surface area contributed by atoms with Crippen LogP contribution in [0.4, 0.5) is 5.69 Å². The van der Waals surface area contributed by atoms with Gasteiger partial charge in [0.15, 0.2) is 5.69 Å². The van der Waals surface area contributed by atoms with Gasteiger partial charge in [0, 0.05) is 42.0 Å². The monoisotopic (exact) mass is 578 g/mol. The lowest BCUT2D eigenvalue weighted by Gasteiger charge is -2.12. The predicted molar refractivity (Wildman–Crippen MR) is 184 cm³/mol. The molecule has 0 unspecified atom stereocenters. The summed E-state index contributed by atoms with van der Waals surface area (Å²) >= 11 is 1.82. The average Bonchev–Trinajstić information content (AvgIpc) is 3.71. The Morgan fingerprint density at radius 2 is 1.39 bits per heavy atom. The van der Waals surface area contributed by atoms with Crippen LogP contribution >= 0.6 is 11.3 Å². The van der Waals surface area contributed by atoms with Crippen molar-refractivity contribution in [2.75, 3.05) is 0 Å². The van der Waals surface area contributed by atoms with Gasteiger partial charge in [-0.2, -0.15) is 5.26 Å². The summed E-state index contributed by atoms with van der Waals surface area (Å²) in [5.41, 5.74) is 9.08. The molecular weight excluding hydrogens is 557 g/mol. The number of aromatic nitrogens is 2. The fourth-order valence-corrected chi connectivity index (χ4v) is 8.00. The first-order chi connectivity index (χ1) is 21.6. The second-order valence-corrected chi connectivity index (χ2v) is 12.4. The largest absolute Gasteiger partial charge is 0.309 e. The summed E-state index contributed by atoms with van der Waals surface area (Å²) in [7, 11) is 0. The van der Waals surface area contributed by atoms with Crippen molar-refractivity contribution in [1.29, 1.82) is 5.26 Å². The molecule has 0 bridgehead atoms. The predicted octanol–water partition coefficient (Wildman–Crippen LogP) is 11.0. The summed E-state index contributed by atoms with van der Waals surface area (Å²) in [5, 5.41) is 16.5. The van der Waals surface area contributed by atoms with Crippen molar-refractivity contribution in [3.8, 4) is 17.4 Å². The topological polar surface area (TPSA) is 38.0 Å². The van der Waals surface area contributed by atoms with Crippen LogP contribution in [0.5, 0.6) is 0 Å². The van der Waals surface area contributed by atoms with Crippen LogP contribution in [-0.4, -0.2) is 9.13 Å². The third-order valence-electron chi connectivity index (χ3n) is 8.79. The van der Waals surface area contributed by atoms with E-state index in [2.05, 4.69) is 106 Å². The molecule has 204 valence electrons. The van der Waals surface area contributed by atoms with Crippen LogP contribution in [0.25, 0.3) is 80.0 Å². The van der Waals surface area contributed by atoms with E-state index in [-0.39, 0.29) is 0 Å². The molecule has 9 aromatic rings. The summed E-state index contributed by atoms with van der Waals surface area (Å²) in [6, 6.07) is 42.7. The number of thiophene rings is 1. The van der Waals surface area contributed by atoms with E-state index in [1.807, 2.05) is 47.7 Å². The molecule has 0 spiro atoms. The smallest absolute Gasteiger partial charge is 0.188 e. The molecule has 0 amide bonds. The Morgan fingerprint density at radius 3 is 2.25 bits per heavy atom. The normalized spacial score (nSPS) is 11.7. The van der Waals surface area contributed by atoms with Gasteiger partial charge in [0.25, 0.3) is 0 Å². The van der Waals surface area contributed by atoms with Gasteiger partial charge < -0.3 is 9.13 Å². The van der Waals surface area contributed by atoms with E-state index in [0.717, 1.165) is 27.5 Å². The van der Waals surface area contributed by atoms with Crippen molar-refractivity contribution in [3.05, 3.63) is 138 Å².